The Kier molecular flexibility index (Phi) is 7.71. The zero-order chi connectivity index (χ0) is 28.5. The molecule has 0 radical (unpaired) electrons. The molecule has 2 atom stereocenters. The Morgan fingerprint density at radius 3 is 2.66 bits per heavy atom. The summed E-state index contributed by atoms with van der Waals surface area (Å²) in [6.07, 6.45) is 7.87. The van der Waals surface area contributed by atoms with Crippen molar-refractivity contribution in [1.82, 2.24) is 9.97 Å². The number of para-hydroxylation sites is 1. The van der Waals surface area contributed by atoms with Crippen molar-refractivity contribution in [3.05, 3.63) is 60.4 Å². The van der Waals surface area contributed by atoms with Gasteiger partial charge < -0.3 is 19.7 Å². The lowest BCUT2D eigenvalue weighted by Crippen LogP contribution is -2.38. The molecule has 2 saturated heterocycles. The number of piperidine rings is 1. The normalized spacial score (nSPS) is 22.0. The third kappa shape index (κ3) is 5.30. The molecule has 0 saturated carbocycles. The molecule has 9 heteroatoms. The van der Waals surface area contributed by atoms with E-state index in [4.69, 9.17) is 4.84 Å². The molecule has 3 aromatic rings. The van der Waals surface area contributed by atoms with Crippen LogP contribution in [-0.4, -0.2) is 52.4 Å². The van der Waals surface area contributed by atoms with Crippen molar-refractivity contribution < 1.29 is 19.1 Å². The van der Waals surface area contributed by atoms with E-state index in [2.05, 4.69) is 39.9 Å². The van der Waals surface area contributed by atoms with Crippen LogP contribution >= 0.6 is 0 Å². The lowest BCUT2D eigenvalue weighted by atomic mass is 9.84. The summed E-state index contributed by atoms with van der Waals surface area (Å²) in [5.74, 6) is 1.63. The topological polar surface area (TPSA) is 91.2 Å². The highest BCUT2D eigenvalue weighted by Crippen LogP contribution is 2.36. The molecule has 4 heterocycles. The summed E-state index contributed by atoms with van der Waals surface area (Å²) in [4.78, 5) is 30.9. The largest absolute Gasteiger partial charge is 0.383 e. The number of amides is 1. The van der Waals surface area contributed by atoms with Crippen molar-refractivity contribution in [2.75, 3.05) is 29.4 Å². The van der Waals surface area contributed by atoms with Gasteiger partial charge in [0.25, 0.3) is 5.91 Å². The first-order valence-corrected chi connectivity index (χ1v) is 14.7. The second-order valence-corrected chi connectivity index (χ2v) is 11.3. The highest BCUT2D eigenvalue weighted by Gasteiger charge is 2.33. The van der Waals surface area contributed by atoms with Crippen molar-refractivity contribution >= 4 is 34.0 Å². The first kappa shape index (κ1) is 27.3. The number of fused-ring (bicyclic) bond motifs is 1. The minimum absolute atomic E-state index is 0.184. The van der Waals surface area contributed by atoms with Gasteiger partial charge in [-0.3, -0.25) is 4.79 Å². The number of aliphatic hydroxyl groups excluding tert-OH is 1. The van der Waals surface area contributed by atoms with Crippen LogP contribution in [-0.2, 0) is 9.63 Å². The van der Waals surface area contributed by atoms with Gasteiger partial charge in [0.15, 0.2) is 0 Å². The number of benzene rings is 2. The van der Waals surface area contributed by atoms with Crippen LogP contribution in [0.3, 0.4) is 0 Å². The first-order valence-electron chi connectivity index (χ1n) is 14.7. The average molecular weight is 558 g/mol. The quantitative estimate of drug-likeness (QED) is 0.409. The van der Waals surface area contributed by atoms with Gasteiger partial charge >= 0.3 is 0 Å². The second-order valence-electron chi connectivity index (χ2n) is 11.3. The summed E-state index contributed by atoms with van der Waals surface area (Å²) < 4.78 is 15.2. The van der Waals surface area contributed by atoms with Gasteiger partial charge in [-0.15, -0.1) is 0 Å². The van der Waals surface area contributed by atoms with E-state index in [0.717, 1.165) is 78.9 Å². The highest BCUT2D eigenvalue weighted by atomic mass is 19.1. The molecule has 214 valence electrons. The molecule has 3 aliphatic rings. The Labute approximate surface area is 239 Å². The predicted octanol–water partition coefficient (Wildman–Crippen LogP) is 5.85. The van der Waals surface area contributed by atoms with E-state index in [-0.39, 0.29) is 5.69 Å². The molecule has 0 aliphatic carbocycles. The van der Waals surface area contributed by atoms with Crippen LogP contribution in [0.4, 0.5) is 15.9 Å². The van der Waals surface area contributed by atoms with Gasteiger partial charge in [0.05, 0.1) is 16.9 Å². The summed E-state index contributed by atoms with van der Waals surface area (Å²) in [6.45, 7) is 6.38. The minimum Gasteiger partial charge on any atom is -0.383 e. The third-order valence-corrected chi connectivity index (χ3v) is 8.55. The molecular formula is C32H36FN5O3. The number of aliphatic hydroxyl groups is 1. The van der Waals surface area contributed by atoms with E-state index in [9.17, 15) is 9.90 Å². The molecule has 1 unspecified atom stereocenters. The molecule has 8 nitrogen and oxygen atoms in total. The van der Waals surface area contributed by atoms with E-state index >= 15 is 4.39 Å². The van der Waals surface area contributed by atoms with Crippen LogP contribution in [0.25, 0.3) is 22.0 Å². The molecule has 0 bridgehead atoms. The zero-order valence-electron chi connectivity index (χ0n) is 23.6. The summed E-state index contributed by atoms with van der Waals surface area (Å²) >= 11 is 0. The van der Waals surface area contributed by atoms with Gasteiger partial charge in [0.1, 0.15) is 29.8 Å². The Balaban J connectivity index is 1.22. The number of anilines is 2. The molecule has 1 aromatic heterocycles. The Hall–Kier alpha value is -3.85. The molecule has 1 N–H and O–H groups in total. The van der Waals surface area contributed by atoms with Gasteiger partial charge in [-0.2, -0.15) is 0 Å². The molecule has 2 fully saturated rings. The molecule has 6 rings (SSSR count). The van der Waals surface area contributed by atoms with Crippen LogP contribution in [0.2, 0.25) is 0 Å². The van der Waals surface area contributed by atoms with E-state index in [1.54, 1.807) is 18.5 Å². The molecule has 2 aromatic carbocycles. The fraction of sp³-hybridized carbons (Fsp3) is 0.438. The number of halogens is 1. The zero-order valence-corrected chi connectivity index (χ0v) is 23.6. The lowest BCUT2D eigenvalue weighted by Gasteiger charge is -2.34. The van der Waals surface area contributed by atoms with Crippen LogP contribution in [0.15, 0.2) is 59.7 Å². The second kappa shape index (κ2) is 11.6. The lowest BCUT2D eigenvalue weighted by molar-refractivity contribution is -0.124. The van der Waals surface area contributed by atoms with Crippen LogP contribution < -0.4 is 9.80 Å². The minimum atomic E-state index is -1.07. The Morgan fingerprint density at radius 2 is 1.93 bits per heavy atom. The number of allylic oxidation sites excluding steroid dienone is 2. The van der Waals surface area contributed by atoms with Crippen molar-refractivity contribution in [3.8, 4) is 11.1 Å². The number of hydrogen-bond acceptors (Lipinski definition) is 7. The van der Waals surface area contributed by atoms with Gasteiger partial charge in [0, 0.05) is 55.3 Å². The van der Waals surface area contributed by atoms with E-state index in [0.29, 0.717) is 30.4 Å². The summed E-state index contributed by atoms with van der Waals surface area (Å²) in [5.41, 5.74) is 3.57. The summed E-state index contributed by atoms with van der Waals surface area (Å²) in [6, 6.07) is 10.7. The molecular weight excluding hydrogens is 521 g/mol. The number of aromatic nitrogens is 2. The maximum Gasteiger partial charge on any atom is 0.255 e. The van der Waals surface area contributed by atoms with E-state index < -0.39 is 17.8 Å². The molecule has 1 amide bonds. The van der Waals surface area contributed by atoms with Crippen LogP contribution in [0, 0.1) is 17.7 Å². The van der Waals surface area contributed by atoms with E-state index in [1.807, 2.05) is 18.2 Å². The highest BCUT2D eigenvalue weighted by molar-refractivity contribution is 6.01. The number of nitrogens with zero attached hydrogens (tertiary/aromatic N) is 5. The van der Waals surface area contributed by atoms with E-state index in [1.165, 1.54) is 11.0 Å². The van der Waals surface area contributed by atoms with Crippen molar-refractivity contribution in [3.63, 3.8) is 0 Å². The fourth-order valence-corrected chi connectivity index (χ4v) is 6.28. The Morgan fingerprint density at radius 1 is 1.10 bits per heavy atom. The number of hydrogen-bond donors (Lipinski definition) is 1. The predicted molar refractivity (Wildman–Crippen MR) is 158 cm³/mol. The first-order chi connectivity index (χ1) is 19.9. The van der Waals surface area contributed by atoms with Gasteiger partial charge in [0.2, 0.25) is 0 Å². The van der Waals surface area contributed by atoms with Crippen molar-refractivity contribution in [2.24, 2.45) is 17.0 Å². The third-order valence-electron chi connectivity index (χ3n) is 8.55. The number of rotatable bonds is 6. The van der Waals surface area contributed by atoms with Crippen LogP contribution in [0.5, 0.6) is 0 Å². The molecule has 0 spiro atoms. The monoisotopic (exact) mass is 557 g/mol. The molecule has 41 heavy (non-hydrogen) atoms. The maximum atomic E-state index is 15.2. The van der Waals surface area contributed by atoms with Crippen LogP contribution in [0.1, 0.15) is 52.4 Å². The van der Waals surface area contributed by atoms with Gasteiger partial charge in [-0.25, -0.2) is 14.4 Å². The average Bonchev–Trinajstić information content (AvgIpc) is 3.20. The van der Waals surface area contributed by atoms with Crippen molar-refractivity contribution in [1.29, 1.82) is 0 Å². The fourth-order valence-electron chi connectivity index (χ4n) is 6.28. The standard InChI is InChI=1S/C32H36FN5O3/c1-3-5-23-10-8-20(2)29(36-41-23)21-12-15-37(16-13-21)31-25-7-4-6-24(30(25)34-19-35-31)22-9-11-27(26(33)18-22)38-17-14-28(39)32(38)40/h4,6-7,9-11,18-21,28,39H,3,5,8,12-17H2,1-2H3/t20?,28-/m0/s1. The number of carbonyl (C=O) groups is 1. The summed E-state index contributed by atoms with van der Waals surface area (Å²) in [5, 5.41) is 15.3. The number of oxime groups is 1. The smallest absolute Gasteiger partial charge is 0.255 e. The maximum absolute atomic E-state index is 15.2. The molecule has 3 aliphatic heterocycles. The Bertz CT molecular complexity index is 1510. The number of carbonyl (C=O) groups excluding carboxylic acids is 1. The SMILES string of the molecule is CCCC1=CCC(C)C(C2CCN(c3ncnc4c(-c5ccc(N6CC[C@H](O)C6=O)c(F)c5)cccc34)CC2)=NO1. The summed E-state index contributed by atoms with van der Waals surface area (Å²) in [7, 11) is 0. The van der Waals surface area contributed by atoms with Crippen molar-refractivity contribution in [2.45, 2.75) is 58.5 Å². The van der Waals surface area contributed by atoms with Gasteiger partial charge in [-0.1, -0.05) is 37.2 Å². The van der Waals surface area contributed by atoms with Gasteiger partial charge in [-0.05, 0) is 55.5 Å².